The molecule has 31 heavy (non-hydrogen) atoms. The Hall–Kier alpha value is -1.99. The van der Waals surface area contributed by atoms with Crippen molar-refractivity contribution in [1.29, 1.82) is 0 Å². The number of nitrogens with zero attached hydrogens (tertiary/aromatic N) is 2. The molecule has 0 unspecified atom stereocenters. The third kappa shape index (κ3) is 6.04. The average Bonchev–Trinajstić information content (AvgIpc) is 2.72. The SMILES string of the molecule is CS(=O)(=O)N(CC(=O)Nc1cccc(Br)c1)c1ccc(S(=O)(=O)N2CCOCC2)cc1. The highest BCUT2D eigenvalue weighted by Gasteiger charge is 2.27. The lowest BCUT2D eigenvalue weighted by Crippen LogP contribution is -2.40. The second-order valence-electron chi connectivity index (χ2n) is 6.84. The molecule has 1 fully saturated rings. The fourth-order valence-corrected chi connectivity index (χ4v) is 5.68. The largest absolute Gasteiger partial charge is 0.379 e. The number of amides is 1. The lowest BCUT2D eigenvalue weighted by molar-refractivity contribution is -0.114. The normalized spacial score (nSPS) is 15.4. The van der Waals surface area contributed by atoms with Crippen molar-refractivity contribution in [1.82, 2.24) is 4.31 Å². The van der Waals surface area contributed by atoms with Gasteiger partial charge < -0.3 is 10.1 Å². The number of benzene rings is 2. The number of halogens is 1. The van der Waals surface area contributed by atoms with E-state index >= 15 is 0 Å². The highest BCUT2D eigenvalue weighted by atomic mass is 79.9. The van der Waals surface area contributed by atoms with Crippen LogP contribution in [-0.2, 0) is 29.6 Å². The number of anilines is 2. The highest BCUT2D eigenvalue weighted by molar-refractivity contribution is 9.10. The van der Waals surface area contributed by atoms with Crippen molar-refractivity contribution in [2.24, 2.45) is 0 Å². The average molecular weight is 532 g/mol. The van der Waals surface area contributed by atoms with E-state index < -0.39 is 32.5 Å². The lowest BCUT2D eigenvalue weighted by atomic mass is 10.3. The summed E-state index contributed by atoms with van der Waals surface area (Å²) in [6.45, 7) is 0.712. The van der Waals surface area contributed by atoms with Gasteiger partial charge in [0, 0.05) is 23.2 Å². The van der Waals surface area contributed by atoms with Crippen LogP contribution in [0.2, 0.25) is 0 Å². The molecule has 1 N–H and O–H groups in total. The van der Waals surface area contributed by atoms with Crippen molar-refractivity contribution >= 4 is 53.3 Å². The summed E-state index contributed by atoms with van der Waals surface area (Å²) < 4.78 is 58.3. The Labute approximate surface area is 190 Å². The third-order valence-corrected chi connectivity index (χ3v) is 8.08. The fraction of sp³-hybridized carbons (Fsp3) is 0.316. The molecule has 0 bridgehead atoms. The van der Waals surface area contributed by atoms with Gasteiger partial charge in [-0.15, -0.1) is 0 Å². The van der Waals surface area contributed by atoms with Crippen LogP contribution in [0, 0.1) is 0 Å². The molecule has 2 aromatic rings. The maximum absolute atomic E-state index is 12.7. The van der Waals surface area contributed by atoms with Crippen LogP contribution in [0.25, 0.3) is 0 Å². The van der Waals surface area contributed by atoms with Crippen molar-refractivity contribution in [2.45, 2.75) is 4.90 Å². The zero-order valence-electron chi connectivity index (χ0n) is 16.7. The quantitative estimate of drug-likeness (QED) is 0.583. The third-order valence-electron chi connectivity index (χ3n) is 4.53. The molecular weight excluding hydrogens is 510 g/mol. The van der Waals surface area contributed by atoms with Gasteiger partial charge in [0.05, 0.1) is 30.1 Å². The number of sulfonamides is 2. The lowest BCUT2D eigenvalue weighted by Gasteiger charge is -2.26. The van der Waals surface area contributed by atoms with Gasteiger partial charge in [-0.3, -0.25) is 9.10 Å². The van der Waals surface area contributed by atoms with Gasteiger partial charge in [0.2, 0.25) is 26.0 Å². The molecule has 0 aromatic heterocycles. The van der Waals surface area contributed by atoms with Crippen molar-refractivity contribution < 1.29 is 26.4 Å². The van der Waals surface area contributed by atoms with Crippen molar-refractivity contribution in [2.75, 3.05) is 48.7 Å². The number of nitrogens with one attached hydrogen (secondary N) is 1. The molecule has 0 saturated carbocycles. The van der Waals surface area contributed by atoms with Crippen LogP contribution in [-0.4, -0.2) is 66.2 Å². The van der Waals surface area contributed by atoms with Gasteiger partial charge in [-0.2, -0.15) is 4.31 Å². The minimum absolute atomic E-state index is 0.0465. The van der Waals surface area contributed by atoms with Crippen LogP contribution in [0.4, 0.5) is 11.4 Å². The molecule has 168 valence electrons. The number of carbonyl (C=O) groups excluding carboxylic acids is 1. The summed E-state index contributed by atoms with van der Waals surface area (Å²) in [5.74, 6) is -0.534. The zero-order chi connectivity index (χ0) is 22.6. The number of carbonyl (C=O) groups is 1. The topological polar surface area (TPSA) is 113 Å². The van der Waals surface area contributed by atoms with Crippen LogP contribution in [0.15, 0.2) is 57.9 Å². The van der Waals surface area contributed by atoms with Gasteiger partial charge in [0.25, 0.3) is 0 Å². The number of hydrogen-bond acceptors (Lipinski definition) is 6. The molecule has 0 aliphatic carbocycles. The number of hydrogen-bond donors (Lipinski definition) is 1. The molecule has 0 spiro atoms. The van der Waals surface area contributed by atoms with E-state index in [4.69, 9.17) is 4.74 Å². The molecule has 1 heterocycles. The van der Waals surface area contributed by atoms with Crippen LogP contribution in [0.5, 0.6) is 0 Å². The Morgan fingerprint density at radius 2 is 1.74 bits per heavy atom. The molecule has 0 radical (unpaired) electrons. The van der Waals surface area contributed by atoms with Crippen molar-refractivity contribution in [3.63, 3.8) is 0 Å². The Bertz CT molecular complexity index is 1150. The van der Waals surface area contributed by atoms with E-state index in [1.165, 1.54) is 28.6 Å². The molecule has 0 atom stereocenters. The number of morpholine rings is 1. The van der Waals surface area contributed by atoms with Crippen LogP contribution in [0.3, 0.4) is 0 Å². The van der Waals surface area contributed by atoms with Crippen LogP contribution < -0.4 is 9.62 Å². The van der Waals surface area contributed by atoms with Gasteiger partial charge in [0.1, 0.15) is 6.54 Å². The standard InChI is InChI=1S/C19H22BrN3O6S2/c1-30(25,26)23(14-19(24)21-16-4-2-3-15(20)13-16)17-5-7-18(8-6-17)31(27,28)22-9-11-29-12-10-22/h2-8,13H,9-12,14H2,1H3,(H,21,24). The fourth-order valence-electron chi connectivity index (χ4n) is 3.02. The smallest absolute Gasteiger partial charge is 0.245 e. The number of rotatable bonds is 7. The summed E-state index contributed by atoms with van der Waals surface area (Å²) in [5, 5.41) is 2.64. The van der Waals surface area contributed by atoms with Gasteiger partial charge in [-0.25, -0.2) is 16.8 Å². The van der Waals surface area contributed by atoms with Crippen molar-refractivity contribution in [3.8, 4) is 0 Å². The van der Waals surface area contributed by atoms with E-state index in [2.05, 4.69) is 21.2 Å². The molecule has 2 aromatic carbocycles. The molecule has 1 saturated heterocycles. The van der Waals surface area contributed by atoms with Gasteiger partial charge >= 0.3 is 0 Å². The minimum atomic E-state index is -3.80. The van der Waals surface area contributed by atoms with Gasteiger partial charge in [-0.1, -0.05) is 22.0 Å². The molecule has 1 aliphatic heterocycles. The molecule has 12 heteroatoms. The second-order valence-corrected chi connectivity index (χ2v) is 11.6. The summed E-state index contributed by atoms with van der Waals surface area (Å²) in [5.41, 5.74) is 0.701. The van der Waals surface area contributed by atoms with Crippen molar-refractivity contribution in [3.05, 3.63) is 53.0 Å². The van der Waals surface area contributed by atoms with E-state index in [9.17, 15) is 21.6 Å². The van der Waals surface area contributed by atoms with Crippen LogP contribution >= 0.6 is 15.9 Å². The first kappa shape index (κ1) is 23.7. The molecule has 3 rings (SSSR count). The van der Waals surface area contributed by atoms with Crippen LogP contribution in [0.1, 0.15) is 0 Å². The molecular formula is C19H22BrN3O6S2. The Balaban J connectivity index is 1.79. The molecule has 1 amide bonds. The Kier molecular flexibility index (Phi) is 7.37. The molecule has 1 aliphatic rings. The predicted octanol–water partition coefficient (Wildman–Crippen LogP) is 1.87. The molecule has 9 nitrogen and oxygen atoms in total. The first-order valence-electron chi connectivity index (χ1n) is 9.28. The summed E-state index contributed by atoms with van der Waals surface area (Å²) in [7, 11) is -7.50. The van der Waals surface area contributed by atoms with E-state index in [0.29, 0.717) is 18.9 Å². The minimum Gasteiger partial charge on any atom is -0.379 e. The Morgan fingerprint density at radius 1 is 1.10 bits per heavy atom. The van der Waals surface area contributed by atoms with E-state index in [1.54, 1.807) is 24.3 Å². The first-order valence-corrected chi connectivity index (χ1v) is 13.4. The monoisotopic (exact) mass is 531 g/mol. The van der Waals surface area contributed by atoms with E-state index in [-0.39, 0.29) is 23.7 Å². The zero-order valence-corrected chi connectivity index (χ0v) is 19.9. The summed E-state index contributed by atoms with van der Waals surface area (Å²) in [6.07, 6.45) is 0.984. The van der Waals surface area contributed by atoms with Gasteiger partial charge in [-0.05, 0) is 42.5 Å². The summed E-state index contributed by atoms with van der Waals surface area (Å²) >= 11 is 3.31. The first-order chi connectivity index (χ1) is 14.6. The van der Waals surface area contributed by atoms with E-state index in [1.807, 2.05) is 0 Å². The van der Waals surface area contributed by atoms with Gasteiger partial charge in [0.15, 0.2) is 0 Å². The number of ether oxygens (including phenoxy) is 1. The van der Waals surface area contributed by atoms with E-state index in [0.717, 1.165) is 15.0 Å². The summed E-state index contributed by atoms with van der Waals surface area (Å²) in [6, 6.07) is 12.3. The second kappa shape index (κ2) is 9.65. The Morgan fingerprint density at radius 3 is 2.32 bits per heavy atom. The predicted molar refractivity (Wildman–Crippen MR) is 121 cm³/mol. The summed E-state index contributed by atoms with van der Waals surface area (Å²) in [4.78, 5) is 12.5. The maximum atomic E-state index is 12.7. The maximum Gasteiger partial charge on any atom is 0.245 e. The highest BCUT2D eigenvalue weighted by Crippen LogP contribution is 2.23.